The van der Waals surface area contributed by atoms with Gasteiger partial charge in [-0.3, -0.25) is 9.59 Å². The number of rotatable bonds is 7. The summed E-state index contributed by atoms with van der Waals surface area (Å²) in [5.74, 6) is -0.343. The molecule has 3 rings (SSSR count). The zero-order valence-corrected chi connectivity index (χ0v) is 16.9. The quantitative estimate of drug-likeness (QED) is 0.582. The molecule has 2 aromatic carbocycles. The third-order valence-electron chi connectivity index (χ3n) is 4.40. The van der Waals surface area contributed by atoms with Crippen LogP contribution in [-0.2, 0) is 11.2 Å². The van der Waals surface area contributed by atoms with Gasteiger partial charge in [0.15, 0.2) is 0 Å². The molecule has 0 spiro atoms. The normalized spacial score (nSPS) is 11.6. The second kappa shape index (κ2) is 9.33. The second-order valence-corrected chi connectivity index (χ2v) is 7.65. The molecule has 0 bridgehead atoms. The molecule has 2 N–H and O–H groups in total. The molecule has 144 valence electrons. The first-order valence-corrected chi connectivity index (χ1v) is 10.3. The summed E-state index contributed by atoms with van der Waals surface area (Å²) >= 11 is 1.62. The topological polar surface area (TPSA) is 58.2 Å². The van der Waals surface area contributed by atoms with Crippen molar-refractivity contribution in [1.29, 1.82) is 0 Å². The van der Waals surface area contributed by atoms with E-state index in [1.807, 2.05) is 17.5 Å². The van der Waals surface area contributed by atoms with E-state index in [1.165, 1.54) is 12.5 Å². The van der Waals surface area contributed by atoms with Crippen LogP contribution in [0.15, 0.2) is 66.0 Å². The molecule has 1 heterocycles. The third kappa shape index (κ3) is 5.08. The average molecular weight is 393 g/mol. The van der Waals surface area contributed by atoms with Crippen LogP contribution in [0, 0.1) is 0 Å². The number of carbonyl (C=O) groups excluding carboxylic acids is 2. The fourth-order valence-electron chi connectivity index (χ4n) is 3.10. The molecule has 0 saturated carbocycles. The Labute approximate surface area is 169 Å². The van der Waals surface area contributed by atoms with Crippen molar-refractivity contribution < 1.29 is 9.59 Å². The SMILES string of the molecule is CCCc1ccc(C(NC(=O)c2cccc(NC(C)=O)c2)c2cccs2)cc1. The lowest BCUT2D eigenvalue weighted by Gasteiger charge is -2.19. The maximum atomic E-state index is 12.9. The minimum atomic E-state index is -0.215. The summed E-state index contributed by atoms with van der Waals surface area (Å²) in [7, 11) is 0. The van der Waals surface area contributed by atoms with Crippen LogP contribution in [-0.4, -0.2) is 11.8 Å². The van der Waals surface area contributed by atoms with Gasteiger partial charge in [0.2, 0.25) is 5.91 Å². The molecule has 1 atom stereocenters. The van der Waals surface area contributed by atoms with Crippen molar-refractivity contribution in [3.63, 3.8) is 0 Å². The van der Waals surface area contributed by atoms with Gasteiger partial charge in [0, 0.05) is 23.1 Å². The minimum absolute atomic E-state index is 0.166. The zero-order valence-electron chi connectivity index (χ0n) is 16.1. The first kappa shape index (κ1) is 19.8. The predicted octanol–water partition coefficient (Wildman–Crippen LogP) is 5.18. The predicted molar refractivity (Wildman–Crippen MR) is 115 cm³/mol. The Kier molecular flexibility index (Phi) is 6.61. The first-order valence-electron chi connectivity index (χ1n) is 9.37. The van der Waals surface area contributed by atoms with Crippen molar-refractivity contribution in [2.24, 2.45) is 0 Å². The van der Waals surface area contributed by atoms with Crippen molar-refractivity contribution in [1.82, 2.24) is 5.32 Å². The molecule has 4 nitrogen and oxygen atoms in total. The Hall–Kier alpha value is -2.92. The lowest BCUT2D eigenvalue weighted by atomic mass is 10.0. The van der Waals surface area contributed by atoms with E-state index in [4.69, 9.17) is 0 Å². The number of thiophene rings is 1. The molecule has 28 heavy (non-hydrogen) atoms. The second-order valence-electron chi connectivity index (χ2n) is 6.68. The Morgan fingerprint density at radius 1 is 1.04 bits per heavy atom. The van der Waals surface area contributed by atoms with Crippen molar-refractivity contribution in [2.45, 2.75) is 32.7 Å². The number of benzene rings is 2. The van der Waals surface area contributed by atoms with E-state index in [0.29, 0.717) is 11.3 Å². The molecule has 0 aliphatic rings. The van der Waals surface area contributed by atoms with E-state index >= 15 is 0 Å². The Balaban J connectivity index is 1.84. The van der Waals surface area contributed by atoms with E-state index in [0.717, 1.165) is 23.3 Å². The third-order valence-corrected chi connectivity index (χ3v) is 5.34. The van der Waals surface area contributed by atoms with E-state index < -0.39 is 0 Å². The lowest BCUT2D eigenvalue weighted by Crippen LogP contribution is -2.29. The molecular formula is C23H24N2O2S. The number of hydrogen-bond donors (Lipinski definition) is 2. The monoisotopic (exact) mass is 392 g/mol. The van der Waals surface area contributed by atoms with Crippen LogP contribution in [0.2, 0.25) is 0 Å². The first-order chi connectivity index (χ1) is 13.6. The van der Waals surface area contributed by atoms with Crippen LogP contribution in [0.25, 0.3) is 0 Å². The molecule has 0 saturated heterocycles. The highest BCUT2D eigenvalue weighted by Gasteiger charge is 2.19. The maximum Gasteiger partial charge on any atom is 0.252 e. The fraction of sp³-hybridized carbons (Fsp3) is 0.217. The Morgan fingerprint density at radius 3 is 2.46 bits per heavy atom. The van der Waals surface area contributed by atoms with Gasteiger partial charge < -0.3 is 10.6 Å². The average Bonchev–Trinajstić information content (AvgIpc) is 3.21. The molecule has 0 radical (unpaired) electrons. The van der Waals surface area contributed by atoms with Gasteiger partial charge in [0.05, 0.1) is 6.04 Å². The van der Waals surface area contributed by atoms with Gasteiger partial charge in [-0.1, -0.05) is 49.7 Å². The molecule has 0 fully saturated rings. The van der Waals surface area contributed by atoms with E-state index in [2.05, 4.69) is 41.8 Å². The van der Waals surface area contributed by atoms with E-state index in [1.54, 1.807) is 35.6 Å². The summed E-state index contributed by atoms with van der Waals surface area (Å²) in [4.78, 5) is 25.3. The summed E-state index contributed by atoms with van der Waals surface area (Å²) < 4.78 is 0. The van der Waals surface area contributed by atoms with Gasteiger partial charge in [-0.15, -0.1) is 11.3 Å². The van der Waals surface area contributed by atoms with E-state index in [-0.39, 0.29) is 17.9 Å². The number of aryl methyl sites for hydroxylation is 1. The van der Waals surface area contributed by atoms with Gasteiger partial charge in [-0.25, -0.2) is 0 Å². The van der Waals surface area contributed by atoms with Gasteiger partial charge in [-0.05, 0) is 47.2 Å². The molecule has 0 aliphatic heterocycles. The van der Waals surface area contributed by atoms with Gasteiger partial charge in [0.25, 0.3) is 5.91 Å². The molecule has 1 unspecified atom stereocenters. The van der Waals surface area contributed by atoms with Crippen LogP contribution in [0.4, 0.5) is 5.69 Å². The lowest BCUT2D eigenvalue weighted by molar-refractivity contribution is -0.114. The van der Waals surface area contributed by atoms with E-state index in [9.17, 15) is 9.59 Å². The Morgan fingerprint density at radius 2 is 1.82 bits per heavy atom. The molecule has 2 amide bonds. The van der Waals surface area contributed by atoms with Crippen molar-refractivity contribution >= 4 is 28.8 Å². The highest BCUT2D eigenvalue weighted by Crippen LogP contribution is 2.27. The molecule has 3 aromatic rings. The number of hydrogen-bond acceptors (Lipinski definition) is 3. The summed E-state index contributed by atoms with van der Waals surface area (Å²) in [5, 5.41) is 7.87. The maximum absolute atomic E-state index is 12.9. The number of anilines is 1. The fourth-order valence-corrected chi connectivity index (χ4v) is 3.90. The molecule has 0 aliphatic carbocycles. The summed E-state index contributed by atoms with van der Waals surface area (Å²) in [5.41, 5.74) is 3.46. The van der Waals surface area contributed by atoms with Gasteiger partial charge in [0.1, 0.15) is 0 Å². The van der Waals surface area contributed by atoms with Crippen LogP contribution >= 0.6 is 11.3 Å². The number of amides is 2. The zero-order chi connectivity index (χ0) is 19.9. The highest BCUT2D eigenvalue weighted by molar-refractivity contribution is 7.10. The van der Waals surface area contributed by atoms with Crippen LogP contribution in [0.3, 0.4) is 0 Å². The van der Waals surface area contributed by atoms with Gasteiger partial charge in [-0.2, -0.15) is 0 Å². The van der Waals surface area contributed by atoms with Crippen LogP contribution in [0.5, 0.6) is 0 Å². The summed E-state index contributed by atoms with van der Waals surface area (Å²) in [6.07, 6.45) is 2.15. The molecule has 5 heteroatoms. The van der Waals surface area contributed by atoms with Crippen LogP contribution < -0.4 is 10.6 Å². The van der Waals surface area contributed by atoms with Crippen molar-refractivity contribution in [2.75, 3.05) is 5.32 Å². The number of carbonyl (C=O) groups is 2. The van der Waals surface area contributed by atoms with Crippen LogP contribution in [0.1, 0.15) is 52.7 Å². The smallest absolute Gasteiger partial charge is 0.252 e. The summed E-state index contributed by atoms with van der Waals surface area (Å²) in [6.45, 7) is 3.61. The number of nitrogens with one attached hydrogen (secondary N) is 2. The highest BCUT2D eigenvalue weighted by atomic mass is 32.1. The molecule has 1 aromatic heterocycles. The largest absolute Gasteiger partial charge is 0.340 e. The van der Waals surface area contributed by atoms with Crippen molar-refractivity contribution in [3.05, 3.63) is 87.6 Å². The standard InChI is InChI=1S/C23H24N2O2S/c1-3-6-17-10-12-18(13-11-17)22(21-9-5-14-28-21)25-23(27)19-7-4-8-20(15-19)24-16(2)26/h4-5,7-15,22H,3,6H2,1-2H3,(H,24,26)(H,25,27). The minimum Gasteiger partial charge on any atom is -0.340 e. The van der Waals surface area contributed by atoms with Crippen molar-refractivity contribution in [3.8, 4) is 0 Å². The molecular weight excluding hydrogens is 368 g/mol. The summed E-state index contributed by atoms with van der Waals surface area (Å²) in [6, 6.07) is 19.2. The van der Waals surface area contributed by atoms with Gasteiger partial charge >= 0.3 is 0 Å². The Bertz CT molecular complexity index is 934.